The summed E-state index contributed by atoms with van der Waals surface area (Å²) in [7, 11) is 0. The van der Waals surface area contributed by atoms with Crippen molar-refractivity contribution in [3.8, 4) is 0 Å². The summed E-state index contributed by atoms with van der Waals surface area (Å²) >= 11 is 1.81. The summed E-state index contributed by atoms with van der Waals surface area (Å²) in [6, 6.07) is 8.33. The van der Waals surface area contributed by atoms with Crippen molar-refractivity contribution in [3.63, 3.8) is 0 Å². The summed E-state index contributed by atoms with van der Waals surface area (Å²) < 4.78 is 0. The lowest BCUT2D eigenvalue weighted by Crippen LogP contribution is -2.49. The van der Waals surface area contributed by atoms with E-state index in [-0.39, 0.29) is 17.4 Å². The number of nitrogens with one attached hydrogen (secondary N) is 1. The lowest BCUT2D eigenvalue weighted by Gasteiger charge is -2.32. The van der Waals surface area contributed by atoms with Crippen LogP contribution in [0.25, 0.3) is 0 Å². The second-order valence-electron chi connectivity index (χ2n) is 6.85. The lowest BCUT2D eigenvalue weighted by molar-refractivity contribution is -0.141. The Morgan fingerprint density at radius 1 is 1.29 bits per heavy atom. The average Bonchev–Trinajstić information content (AvgIpc) is 2.72. The number of aliphatic hydroxyl groups is 1. The maximum atomic E-state index is 12.5. The highest BCUT2D eigenvalue weighted by atomic mass is 32.2. The molecular weight excluding hydrogens is 282 g/mol. The van der Waals surface area contributed by atoms with E-state index in [1.54, 1.807) is 11.8 Å². The normalized spacial score (nSPS) is 26.1. The SMILES string of the molecule is CC1(C)CC(NC(=O)C2(O)CCSCC2)c2ccccc21. The summed E-state index contributed by atoms with van der Waals surface area (Å²) in [6.07, 6.45) is 2.01. The first-order valence-corrected chi connectivity index (χ1v) is 8.78. The van der Waals surface area contributed by atoms with Gasteiger partial charge in [0.15, 0.2) is 0 Å². The van der Waals surface area contributed by atoms with Crippen LogP contribution in [0.15, 0.2) is 24.3 Å². The Morgan fingerprint density at radius 3 is 2.67 bits per heavy atom. The lowest BCUT2D eigenvalue weighted by atomic mass is 9.86. The van der Waals surface area contributed by atoms with Gasteiger partial charge in [-0.3, -0.25) is 4.79 Å². The van der Waals surface area contributed by atoms with Crippen molar-refractivity contribution >= 4 is 17.7 Å². The number of carbonyl (C=O) groups excluding carboxylic acids is 1. The molecule has 0 aromatic heterocycles. The van der Waals surface area contributed by atoms with Crippen molar-refractivity contribution < 1.29 is 9.90 Å². The largest absolute Gasteiger partial charge is 0.380 e. The Bertz CT molecular complexity index is 549. The van der Waals surface area contributed by atoms with Crippen LogP contribution in [0.4, 0.5) is 0 Å². The molecule has 1 aromatic carbocycles. The van der Waals surface area contributed by atoms with E-state index in [0.717, 1.165) is 17.9 Å². The van der Waals surface area contributed by atoms with Crippen LogP contribution in [0.5, 0.6) is 0 Å². The molecule has 4 heteroatoms. The van der Waals surface area contributed by atoms with E-state index in [0.29, 0.717) is 12.8 Å². The molecule has 1 saturated heterocycles. The zero-order chi connectivity index (χ0) is 15.1. The fourth-order valence-corrected chi connectivity index (χ4v) is 4.67. The molecule has 0 radical (unpaired) electrons. The highest BCUT2D eigenvalue weighted by molar-refractivity contribution is 7.99. The Labute approximate surface area is 130 Å². The molecule has 0 saturated carbocycles. The quantitative estimate of drug-likeness (QED) is 0.883. The van der Waals surface area contributed by atoms with Crippen molar-refractivity contribution in [2.45, 2.75) is 50.2 Å². The highest BCUT2D eigenvalue weighted by Gasteiger charge is 2.42. The topological polar surface area (TPSA) is 49.3 Å². The van der Waals surface area contributed by atoms with E-state index < -0.39 is 5.60 Å². The molecule has 3 rings (SSSR count). The van der Waals surface area contributed by atoms with E-state index in [2.05, 4.69) is 37.4 Å². The number of carbonyl (C=O) groups is 1. The number of rotatable bonds is 2. The van der Waals surface area contributed by atoms with Gasteiger partial charge < -0.3 is 10.4 Å². The smallest absolute Gasteiger partial charge is 0.252 e. The van der Waals surface area contributed by atoms with Gasteiger partial charge in [0.25, 0.3) is 5.91 Å². The van der Waals surface area contributed by atoms with Crippen LogP contribution < -0.4 is 5.32 Å². The van der Waals surface area contributed by atoms with E-state index in [9.17, 15) is 9.90 Å². The van der Waals surface area contributed by atoms with Gasteiger partial charge in [0.1, 0.15) is 5.60 Å². The molecule has 21 heavy (non-hydrogen) atoms. The molecular formula is C17H23NO2S. The minimum absolute atomic E-state index is 0.0160. The first-order chi connectivity index (χ1) is 9.92. The predicted octanol–water partition coefficient (Wildman–Crippen LogP) is 2.78. The molecule has 1 aliphatic carbocycles. The first-order valence-electron chi connectivity index (χ1n) is 7.63. The van der Waals surface area contributed by atoms with Gasteiger partial charge in [0, 0.05) is 0 Å². The van der Waals surface area contributed by atoms with E-state index in [1.165, 1.54) is 11.1 Å². The van der Waals surface area contributed by atoms with Crippen molar-refractivity contribution in [3.05, 3.63) is 35.4 Å². The van der Waals surface area contributed by atoms with Gasteiger partial charge in [-0.15, -0.1) is 0 Å². The third-order valence-corrected chi connectivity index (χ3v) is 5.81. The molecule has 1 aromatic rings. The Hall–Kier alpha value is -1.00. The van der Waals surface area contributed by atoms with Gasteiger partial charge in [-0.2, -0.15) is 11.8 Å². The summed E-state index contributed by atoms with van der Waals surface area (Å²) in [5.74, 6) is 1.52. The highest BCUT2D eigenvalue weighted by Crippen LogP contribution is 2.44. The summed E-state index contributed by atoms with van der Waals surface area (Å²) in [6.45, 7) is 4.42. The maximum absolute atomic E-state index is 12.5. The number of amides is 1. The van der Waals surface area contributed by atoms with Crippen molar-refractivity contribution in [2.24, 2.45) is 0 Å². The van der Waals surface area contributed by atoms with E-state index in [4.69, 9.17) is 0 Å². The molecule has 1 heterocycles. The fourth-order valence-electron chi connectivity index (χ4n) is 3.50. The van der Waals surface area contributed by atoms with Gasteiger partial charge in [-0.1, -0.05) is 38.1 Å². The van der Waals surface area contributed by atoms with Gasteiger partial charge in [-0.25, -0.2) is 0 Å². The van der Waals surface area contributed by atoms with Crippen LogP contribution in [0, 0.1) is 0 Å². The summed E-state index contributed by atoms with van der Waals surface area (Å²) in [5.41, 5.74) is 1.40. The standard InChI is InChI=1S/C17H23NO2S/c1-16(2)11-14(12-5-3-4-6-13(12)16)18-15(19)17(20)7-9-21-10-8-17/h3-6,14,20H,7-11H2,1-2H3,(H,18,19). The summed E-state index contributed by atoms with van der Waals surface area (Å²) in [5, 5.41) is 13.7. The second-order valence-corrected chi connectivity index (χ2v) is 8.07. The predicted molar refractivity (Wildman–Crippen MR) is 86.5 cm³/mol. The number of benzene rings is 1. The average molecular weight is 305 g/mol. The van der Waals surface area contributed by atoms with E-state index in [1.807, 2.05) is 6.07 Å². The van der Waals surface area contributed by atoms with Crippen LogP contribution in [-0.4, -0.2) is 28.1 Å². The van der Waals surface area contributed by atoms with Gasteiger partial charge in [0.05, 0.1) is 6.04 Å². The fraction of sp³-hybridized carbons (Fsp3) is 0.588. The van der Waals surface area contributed by atoms with Gasteiger partial charge >= 0.3 is 0 Å². The van der Waals surface area contributed by atoms with Crippen molar-refractivity contribution in [2.75, 3.05) is 11.5 Å². The van der Waals surface area contributed by atoms with Crippen LogP contribution in [-0.2, 0) is 10.2 Å². The maximum Gasteiger partial charge on any atom is 0.252 e. The molecule has 1 amide bonds. The van der Waals surface area contributed by atoms with Crippen LogP contribution in [0.2, 0.25) is 0 Å². The molecule has 2 aliphatic rings. The number of thioether (sulfide) groups is 1. The van der Waals surface area contributed by atoms with Crippen LogP contribution in [0.3, 0.4) is 0 Å². The van der Waals surface area contributed by atoms with Gasteiger partial charge in [0.2, 0.25) is 0 Å². The molecule has 1 fully saturated rings. The first kappa shape index (κ1) is 14.9. The number of hydrogen-bond donors (Lipinski definition) is 2. The minimum Gasteiger partial charge on any atom is -0.380 e. The molecule has 2 N–H and O–H groups in total. The van der Waals surface area contributed by atoms with Gasteiger partial charge in [-0.05, 0) is 47.3 Å². The minimum atomic E-state index is -1.17. The third kappa shape index (κ3) is 2.71. The van der Waals surface area contributed by atoms with Crippen LogP contribution in [0.1, 0.15) is 50.3 Å². The van der Waals surface area contributed by atoms with Crippen molar-refractivity contribution in [1.82, 2.24) is 5.32 Å². The molecule has 1 atom stereocenters. The number of hydrogen-bond acceptors (Lipinski definition) is 3. The Kier molecular flexibility index (Phi) is 3.78. The molecule has 1 unspecified atom stereocenters. The summed E-state index contributed by atoms with van der Waals surface area (Å²) in [4.78, 5) is 12.5. The Morgan fingerprint density at radius 2 is 1.95 bits per heavy atom. The monoisotopic (exact) mass is 305 g/mol. The zero-order valence-electron chi connectivity index (χ0n) is 12.7. The Balaban J connectivity index is 1.79. The number of fused-ring (bicyclic) bond motifs is 1. The van der Waals surface area contributed by atoms with Crippen molar-refractivity contribution in [1.29, 1.82) is 0 Å². The third-order valence-electron chi connectivity index (χ3n) is 4.83. The second kappa shape index (κ2) is 5.33. The molecule has 0 spiro atoms. The molecule has 114 valence electrons. The van der Waals surface area contributed by atoms with Crippen LogP contribution >= 0.6 is 11.8 Å². The van der Waals surface area contributed by atoms with E-state index >= 15 is 0 Å². The molecule has 1 aliphatic heterocycles. The zero-order valence-corrected chi connectivity index (χ0v) is 13.5. The molecule has 0 bridgehead atoms. The molecule has 3 nitrogen and oxygen atoms in total.